The van der Waals surface area contributed by atoms with E-state index < -0.39 is 41.6 Å². The minimum atomic E-state index is -1.29. The van der Waals surface area contributed by atoms with Crippen LogP contribution in [-0.2, 0) is 30.4 Å². The van der Waals surface area contributed by atoms with Crippen molar-refractivity contribution in [3.05, 3.63) is 95.6 Å². The Hall–Kier alpha value is -4.21. The van der Waals surface area contributed by atoms with Crippen LogP contribution in [0.25, 0.3) is 11.1 Å². The van der Waals surface area contributed by atoms with E-state index in [1.54, 1.807) is 6.92 Å². The zero-order valence-electron chi connectivity index (χ0n) is 23.0. The molecular formula is C32H34N2O7. The highest BCUT2D eigenvalue weighted by atomic mass is 16.5. The highest BCUT2D eigenvalue weighted by Gasteiger charge is 2.48. The highest BCUT2D eigenvalue weighted by molar-refractivity contribution is 5.87. The number of hydrogen-bond acceptors (Lipinski definition) is 6. The highest BCUT2D eigenvalue weighted by Crippen LogP contribution is 2.44. The number of ether oxygens (including phenoxy) is 3. The number of amides is 2. The smallest absolute Gasteiger partial charge is 0.407 e. The van der Waals surface area contributed by atoms with Crippen LogP contribution in [0.3, 0.4) is 0 Å². The monoisotopic (exact) mass is 558 g/mol. The van der Waals surface area contributed by atoms with Gasteiger partial charge >= 0.3 is 12.1 Å². The number of fused-ring (bicyclic) bond motifs is 3. The van der Waals surface area contributed by atoms with Crippen LogP contribution in [0.5, 0.6) is 0 Å². The van der Waals surface area contributed by atoms with E-state index in [0.717, 1.165) is 27.8 Å². The number of carbonyl (C=O) groups is 3. The quantitative estimate of drug-likeness (QED) is 0.342. The Morgan fingerprint density at radius 3 is 2.22 bits per heavy atom. The van der Waals surface area contributed by atoms with Crippen molar-refractivity contribution in [2.24, 2.45) is 5.41 Å². The van der Waals surface area contributed by atoms with Crippen LogP contribution in [0.1, 0.15) is 36.5 Å². The van der Waals surface area contributed by atoms with Gasteiger partial charge in [-0.05, 0) is 41.7 Å². The molecule has 0 spiro atoms. The Morgan fingerprint density at radius 2 is 1.59 bits per heavy atom. The van der Waals surface area contributed by atoms with Crippen LogP contribution in [-0.4, -0.2) is 61.1 Å². The Labute approximate surface area is 238 Å². The van der Waals surface area contributed by atoms with Gasteiger partial charge in [-0.2, -0.15) is 0 Å². The Bertz CT molecular complexity index is 1370. The number of carbonyl (C=O) groups excluding carboxylic acids is 2. The molecule has 0 aromatic heterocycles. The second-order valence-corrected chi connectivity index (χ2v) is 10.7. The van der Waals surface area contributed by atoms with Gasteiger partial charge in [-0.25, -0.2) is 4.79 Å². The van der Waals surface area contributed by atoms with Crippen molar-refractivity contribution in [2.75, 3.05) is 19.8 Å². The molecule has 5 rings (SSSR count). The lowest BCUT2D eigenvalue weighted by atomic mass is 9.85. The molecule has 0 radical (unpaired) electrons. The van der Waals surface area contributed by atoms with Gasteiger partial charge in [0.2, 0.25) is 5.91 Å². The number of rotatable bonds is 10. The van der Waals surface area contributed by atoms with Crippen molar-refractivity contribution in [1.29, 1.82) is 0 Å². The first-order valence-corrected chi connectivity index (χ1v) is 13.7. The Kier molecular flexibility index (Phi) is 8.37. The first-order chi connectivity index (χ1) is 19.8. The normalized spacial score (nSPS) is 20.9. The molecule has 214 valence electrons. The molecule has 4 atom stereocenters. The molecule has 9 heteroatoms. The van der Waals surface area contributed by atoms with Gasteiger partial charge in [-0.1, -0.05) is 78.9 Å². The molecule has 4 unspecified atom stereocenters. The van der Waals surface area contributed by atoms with Crippen LogP contribution in [0.4, 0.5) is 4.79 Å². The number of carboxylic acids is 1. The molecule has 1 aliphatic heterocycles. The van der Waals surface area contributed by atoms with E-state index in [1.165, 1.54) is 6.92 Å². The molecule has 0 bridgehead atoms. The van der Waals surface area contributed by atoms with E-state index in [1.807, 2.05) is 66.7 Å². The minimum Gasteiger partial charge on any atom is -0.481 e. The van der Waals surface area contributed by atoms with E-state index in [0.29, 0.717) is 0 Å². The standard InChI is InChI=1S/C32H34N2O7/c1-20(40-16-21-10-4-3-5-11-21)28(29(35)33-27-18-39-19-32(27,2)30(36)37)34-31(38)41-17-26-24-14-8-6-12-22(24)23-13-7-9-15-25(23)26/h3-15,20,26-28H,16-19H2,1-2H3,(H,33,35)(H,34,38)(H,36,37). The summed E-state index contributed by atoms with van der Waals surface area (Å²) in [4.78, 5) is 38.5. The summed E-state index contributed by atoms with van der Waals surface area (Å²) in [6.07, 6.45) is -1.53. The number of alkyl carbamates (subject to hydrolysis) is 1. The maximum absolute atomic E-state index is 13.5. The first-order valence-electron chi connectivity index (χ1n) is 13.7. The lowest BCUT2D eigenvalue weighted by Crippen LogP contribution is -2.58. The zero-order chi connectivity index (χ0) is 29.0. The molecule has 0 saturated carbocycles. The van der Waals surface area contributed by atoms with Gasteiger partial charge in [-0.3, -0.25) is 9.59 Å². The van der Waals surface area contributed by atoms with Crippen molar-refractivity contribution in [3.63, 3.8) is 0 Å². The number of hydrogen-bond donors (Lipinski definition) is 3. The van der Waals surface area contributed by atoms with Crippen molar-refractivity contribution < 1.29 is 33.7 Å². The molecule has 1 aliphatic carbocycles. The van der Waals surface area contributed by atoms with Gasteiger partial charge in [0, 0.05) is 5.92 Å². The number of nitrogens with one attached hydrogen (secondary N) is 2. The second kappa shape index (κ2) is 12.1. The Balaban J connectivity index is 1.28. The molecule has 1 fully saturated rings. The van der Waals surface area contributed by atoms with Crippen LogP contribution >= 0.6 is 0 Å². The van der Waals surface area contributed by atoms with Gasteiger partial charge < -0.3 is 30.0 Å². The van der Waals surface area contributed by atoms with Crippen LogP contribution in [0.2, 0.25) is 0 Å². The van der Waals surface area contributed by atoms with Gasteiger partial charge in [0.05, 0.1) is 32.0 Å². The molecule has 1 saturated heterocycles. The van der Waals surface area contributed by atoms with Crippen molar-refractivity contribution in [3.8, 4) is 11.1 Å². The first kappa shape index (κ1) is 28.3. The molecule has 1 heterocycles. The lowest BCUT2D eigenvalue weighted by Gasteiger charge is -2.30. The minimum absolute atomic E-state index is 0.0299. The largest absolute Gasteiger partial charge is 0.481 e. The van der Waals surface area contributed by atoms with Crippen molar-refractivity contribution in [2.45, 2.75) is 44.6 Å². The van der Waals surface area contributed by atoms with Gasteiger partial charge in [0.25, 0.3) is 0 Å². The summed E-state index contributed by atoms with van der Waals surface area (Å²) >= 11 is 0. The number of aliphatic carboxylic acids is 1. The predicted octanol–water partition coefficient (Wildman–Crippen LogP) is 4.10. The molecule has 3 N–H and O–H groups in total. The fourth-order valence-electron chi connectivity index (χ4n) is 5.41. The summed E-state index contributed by atoms with van der Waals surface area (Å²) in [5.74, 6) is -1.80. The third-order valence-corrected chi connectivity index (χ3v) is 7.99. The number of carboxylic acid groups (broad SMARTS) is 1. The van der Waals surface area contributed by atoms with E-state index in [2.05, 4.69) is 22.8 Å². The topological polar surface area (TPSA) is 123 Å². The summed E-state index contributed by atoms with van der Waals surface area (Å²) in [5, 5.41) is 15.2. The maximum atomic E-state index is 13.5. The molecule has 3 aromatic rings. The summed E-state index contributed by atoms with van der Waals surface area (Å²) in [5.41, 5.74) is 3.98. The predicted molar refractivity (Wildman–Crippen MR) is 151 cm³/mol. The third kappa shape index (κ3) is 5.96. The average Bonchev–Trinajstić information content (AvgIpc) is 3.52. The van der Waals surface area contributed by atoms with Crippen LogP contribution in [0, 0.1) is 5.41 Å². The van der Waals surface area contributed by atoms with Gasteiger partial charge in [0.1, 0.15) is 18.1 Å². The van der Waals surface area contributed by atoms with E-state index in [4.69, 9.17) is 14.2 Å². The fourth-order valence-corrected chi connectivity index (χ4v) is 5.41. The lowest BCUT2D eigenvalue weighted by molar-refractivity contribution is -0.149. The summed E-state index contributed by atoms with van der Waals surface area (Å²) in [6.45, 7) is 3.52. The summed E-state index contributed by atoms with van der Waals surface area (Å²) < 4.78 is 17.0. The van der Waals surface area contributed by atoms with Crippen LogP contribution in [0.15, 0.2) is 78.9 Å². The third-order valence-electron chi connectivity index (χ3n) is 7.99. The zero-order valence-corrected chi connectivity index (χ0v) is 23.0. The van der Waals surface area contributed by atoms with E-state index >= 15 is 0 Å². The second-order valence-electron chi connectivity index (χ2n) is 10.7. The van der Waals surface area contributed by atoms with Crippen molar-refractivity contribution >= 4 is 18.0 Å². The SMILES string of the molecule is CC(OCc1ccccc1)C(NC(=O)OCC1c2ccccc2-c2ccccc21)C(=O)NC1COCC1(C)C(=O)O. The van der Waals surface area contributed by atoms with E-state index in [9.17, 15) is 19.5 Å². The summed E-state index contributed by atoms with van der Waals surface area (Å²) in [6, 6.07) is 23.6. The molecule has 2 aliphatic rings. The molecular weight excluding hydrogens is 524 g/mol. The van der Waals surface area contributed by atoms with E-state index in [-0.39, 0.29) is 32.3 Å². The average molecular weight is 559 g/mol. The van der Waals surface area contributed by atoms with Crippen molar-refractivity contribution in [1.82, 2.24) is 10.6 Å². The van der Waals surface area contributed by atoms with Crippen LogP contribution < -0.4 is 10.6 Å². The Morgan fingerprint density at radius 1 is 0.976 bits per heavy atom. The van der Waals surface area contributed by atoms with Gasteiger partial charge in [0.15, 0.2) is 0 Å². The fraction of sp³-hybridized carbons (Fsp3) is 0.344. The number of benzene rings is 3. The van der Waals surface area contributed by atoms with Gasteiger partial charge in [-0.15, -0.1) is 0 Å². The maximum Gasteiger partial charge on any atom is 0.407 e. The molecule has 2 amide bonds. The summed E-state index contributed by atoms with van der Waals surface area (Å²) in [7, 11) is 0. The molecule has 41 heavy (non-hydrogen) atoms. The molecule has 3 aromatic carbocycles. The molecule has 9 nitrogen and oxygen atoms in total.